The lowest BCUT2D eigenvalue weighted by atomic mass is 10.1. The van der Waals surface area contributed by atoms with Gasteiger partial charge in [-0.15, -0.1) is 0 Å². The zero-order valence-corrected chi connectivity index (χ0v) is 11.1. The molecule has 1 atom stereocenters. The lowest BCUT2D eigenvalue weighted by molar-refractivity contribution is -0.125. The molecule has 0 saturated heterocycles. The highest BCUT2D eigenvalue weighted by atomic mass is 16.5. The van der Waals surface area contributed by atoms with Crippen LogP contribution >= 0.6 is 0 Å². The fraction of sp³-hybridized carbons (Fsp3) is 0.462. The van der Waals surface area contributed by atoms with E-state index in [1.807, 2.05) is 43.3 Å². The third-order valence-corrected chi connectivity index (χ3v) is 2.55. The molecule has 0 heterocycles. The van der Waals surface area contributed by atoms with Crippen molar-refractivity contribution in [3.63, 3.8) is 0 Å². The van der Waals surface area contributed by atoms with Gasteiger partial charge < -0.3 is 20.7 Å². The van der Waals surface area contributed by atoms with Crippen LogP contribution in [-0.4, -0.2) is 44.7 Å². The molecule has 5 heteroatoms. The Kier molecular flexibility index (Phi) is 5.77. The van der Waals surface area contributed by atoms with Crippen LogP contribution in [0, 0.1) is 0 Å². The molecule has 1 aromatic rings. The smallest absolute Gasteiger partial charge is 0.254 e. The molecule has 0 aromatic heterocycles. The molecule has 0 spiro atoms. The van der Waals surface area contributed by atoms with Gasteiger partial charge in [0.1, 0.15) is 6.10 Å². The minimum Gasteiger partial charge on any atom is -0.370 e. The molecule has 100 valence electrons. The number of hydrogen-bond acceptors (Lipinski definition) is 4. The average molecular weight is 251 g/mol. The number of para-hydroxylation sites is 1. The third kappa shape index (κ3) is 4.10. The molecule has 0 aliphatic rings. The van der Waals surface area contributed by atoms with E-state index in [1.54, 1.807) is 0 Å². The Bertz CT molecular complexity index is 390. The Morgan fingerprint density at radius 1 is 1.44 bits per heavy atom. The summed E-state index contributed by atoms with van der Waals surface area (Å²) in [7, 11) is 5.44. The highest BCUT2D eigenvalue weighted by Gasteiger charge is 2.16. The van der Waals surface area contributed by atoms with Gasteiger partial charge in [0.25, 0.3) is 5.91 Å². The first-order valence-corrected chi connectivity index (χ1v) is 5.84. The Morgan fingerprint density at radius 3 is 2.67 bits per heavy atom. The number of methoxy groups -OCH3 is 1. The summed E-state index contributed by atoms with van der Waals surface area (Å²) in [5, 5.41) is 2.85. The molecule has 0 bridgehead atoms. The van der Waals surface area contributed by atoms with Gasteiger partial charge in [0.15, 0.2) is 0 Å². The lowest BCUT2D eigenvalue weighted by Crippen LogP contribution is -2.36. The normalized spacial score (nSPS) is 12.5. The molecule has 0 aliphatic carbocycles. The Morgan fingerprint density at radius 2 is 2.11 bits per heavy atom. The van der Waals surface area contributed by atoms with E-state index in [0.717, 1.165) is 17.8 Å². The quantitative estimate of drug-likeness (QED) is 0.779. The third-order valence-electron chi connectivity index (χ3n) is 2.55. The van der Waals surface area contributed by atoms with Crippen molar-refractivity contribution in [2.75, 3.05) is 33.1 Å². The van der Waals surface area contributed by atoms with Crippen LogP contribution in [0.5, 0.6) is 0 Å². The fourth-order valence-electron chi connectivity index (χ4n) is 1.64. The predicted octanol–water partition coefficient (Wildman–Crippen LogP) is 0.660. The summed E-state index contributed by atoms with van der Waals surface area (Å²) < 4.78 is 5.01. The van der Waals surface area contributed by atoms with Gasteiger partial charge in [-0.1, -0.05) is 18.2 Å². The second-order valence-corrected chi connectivity index (χ2v) is 4.34. The first-order valence-electron chi connectivity index (χ1n) is 5.84. The van der Waals surface area contributed by atoms with Crippen molar-refractivity contribution in [1.29, 1.82) is 0 Å². The van der Waals surface area contributed by atoms with Crippen LogP contribution in [0.2, 0.25) is 0 Å². The van der Waals surface area contributed by atoms with E-state index < -0.39 is 6.10 Å². The van der Waals surface area contributed by atoms with E-state index in [1.165, 1.54) is 7.11 Å². The fourth-order valence-corrected chi connectivity index (χ4v) is 1.64. The van der Waals surface area contributed by atoms with Gasteiger partial charge in [-0.2, -0.15) is 0 Å². The summed E-state index contributed by atoms with van der Waals surface area (Å²) in [6.45, 7) is 0.926. The van der Waals surface area contributed by atoms with E-state index in [0.29, 0.717) is 0 Å². The number of nitrogens with two attached hydrogens (primary N) is 1. The largest absolute Gasteiger partial charge is 0.370 e. The molecular weight excluding hydrogens is 230 g/mol. The first kappa shape index (κ1) is 14.6. The number of ether oxygens (including phenoxy) is 1. The monoisotopic (exact) mass is 251 g/mol. The number of anilines is 1. The highest BCUT2D eigenvalue weighted by molar-refractivity contribution is 5.95. The second-order valence-electron chi connectivity index (χ2n) is 4.34. The minimum atomic E-state index is -0.614. The molecule has 5 nitrogen and oxygen atoms in total. The number of carbonyl (C=O) groups excluding carboxylic acids is 1. The molecule has 1 rings (SSSR count). The van der Waals surface area contributed by atoms with Gasteiger partial charge in [0.05, 0.1) is 0 Å². The van der Waals surface area contributed by atoms with Crippen LogP contribution in [0.4, 0.5) is 5.69 Å². The minimum absolute atomic E-state index is 0.165. The van der Waals surface area contributed by atoms with Crippen LogP contribution in [0.1, 0.15) is 5.56 Å². The van der Waals surface area contributed by atoms with E-state index in [2.05, 4.69) is 5.32 Å². The van der Waals surface area contributed by atoms with Crippen molar-refractivity contribution in [3.8, 4) is 0 Å². The molecule has 0 aliphatic heterocycles. The highest BCUT2D eigenvalue weighted by Crippen LogP contribution is 2.16. The van der Waals surface area contributed by atoms with Gasteiger partial charge in [0.2, 0.25) is 0 Å². The molecule has 1 unspecified atom stereocenters. The maximum Gasteiger partial charge on any atom is 0.254 e. The van der Waals surface area contributed by atoms with Crippen LogP contribution in [0.3, 0.4) is 0 Å². The van der Waals surface area contributed by atoms with Gasteiger partial charge in [-0.3, -0.25) is 4.79 Å². The number of hydrogen-bond donors (Lipinski definition) is 2. The van der Waals surface area contributed by atoms with E-state index >= 15 is 0 Å². The summed E-state index contributed by atoms with van der Waals surface area (Å²) in [5.74, 6) is -0.216. The molecule has 3 N–H and O–H groups in total. The maximum atomic E-state index is 11.9. The van der Waals surface area contributed by atoms with Gasteiger partial charge in [-0.25, -0.2) is 0 Å². The van der Waals surface area contributed by atoms with Crippen LogP contribution in [-0.2, 0) is 16.1 Å². The number of amides is 1. The summed E-state index contributed by atoms with van der Waals surface area (Å²) in [4.78, 5) is 13.9. The molecule has 18 heavy (non-hydrogen) atoms. The Hall–Kier alpha value is -1.43. The van der Waals surface area contributed by atoms with E-state index in [4.69, 9.17) is 10.5 Å². The Labute approximate surface area is 108 Å². The van der Waals surface area contributed by atoms with Crippen LogP contribution in [0.15, 0.2) is 24.3 Å². The number of rotatable bonds is 6. The van der Waals surface area contributed by atoms with Gasteiger partial charge >= 0.3 is 0 Å². The Balaban J connectivity index is 2.80. The van der Waals surface area contributed by atoms with Crippen molar-refractivity contribution in [2.45, 2.75) is 12.6 Å². The average Bonchev–Trinajstić information content (AvgIpc) is 2.32. The van der Waals surface area contributed by atoms with Crippen molar-refractivity contribution in [2.24, 2.45) is 5.73 Å². The zero-order valence-electron chi connectivity index (χ0n) is 11.1. The number of nitrogens with zero attached hydrogens (tertiary/aromatic N) is 1. The van der Waals surface area contributed by atoms with Crippen LogP contribution in [0.25, 0.3) is 0 Å². The molecule has 1 amide bonds. The topological polar surface area (TPSA) is 67.6 Å². The van der Waals surface area contributed by atoms with Crippen LogP contribution < -0.4 is 11.1 Å². The first-order chi connectivity index (χ1) is 8.58. The number of carbonyl (C=O) groups is 1. The summed E-state index contributed by atoms with van der Waals surface area (Å²) in [6, 6.07) is 7.70. The number of nitrogens with one attached hydrogen (secondary N) is 1. The summed E-state index contributed by atoms with van der Waals surface area (Å²) >= 11 is 0. The molecule has 0 saturated carbocycles. The zero-order chi connectivity index (χ0) is 13.5. The second kappa shape index (κ2) is 7.10. The maximum absolute atomic E-state index is 11.9. The van der Waals surface area contributed by atoms with Gasteiger partial charge in [0, 0.05) is 25.9 Å². The van der Waals surface area contributed by atoms with Crippen molar-refractivity contribution >= 4 is 11.6 Å². The van der Waals surface area contributed by atoms with E-state index in [-0.39, 0.29) is 12.5 Å². The molecule has 1 aromatic carbocycles. The van der Waals surface area contributed by atoms with E-state index in [9.17, 15) is 4.79 Å². The molecule has 0 fully saturated rings. The van der Waals surface area contributed by atoms with Crippen molar-refractivity contribution in [1.82, 2.24) is 4.90 Å². The lowest BCUT2D eigenvalue weighted by Gasteiger charge is -2.17. The number of benzene rings is 1. The molecule has 0 radical (unpaired) electrons. The molecular formula is C13H21N3O2. The van der Waals surface area contributed by atoms with Crippen molar-refractivity contribution in [3.05, 3.63) is 29.8 Å². The SMILES string of the molecule is COC(CN)C(=O)Nc1ccccc1CN(C)C. The summed E-state index contributed by atoms with van der Waals surface area (Å²) in [5.41, 5.74) is 7.32. The van der Waals surface area contributed by atoms with Gasteiger partial charge in [-0.05, 0) is 25.7 Å². The standard InChI is InChI=1S/C13H21N3O2/c1-16(2)9-10-6-4-5-7-11(10)15-13(17)12(8-14)18-3/h4-7,12H,8-9,14H2,1-3H3,(H,15,17). The predicted molar refractivity (Wildman–Crippen MR) is 72.3 cm³/mol. The van der Waals surface area contributed by atoms with Crippen molar-refractivity contribution < 1.29 is 9.53 Å². The summed E-state index contributed by atoms with van der Waals surface area (Å²) in [6.07, 6.45) is -0.614.